The van der Waals surface area contributed by atoms with E-state index < -0.39 is 46.9 Å². The van der Waals surface area contributed by atoms with Gasteiger partial charge in [-0.05, 0) is 81.1 Å². The lowest BCUT2D eigenvalue weighted by atomic mass is 10.0. The zero-order chi connectivity index (χ0) is 39.0. The van der Waals surface area contributed by atoms with Crippen molar-refractivity contribution in [2.45, 2.75) is 72.7 Å². The SMILES string of the molecule is C.COC(=O)[C@@H](Cc1cc(C)c2c(cnn2C(=O)OC(C)(C)C)c1)OC(=O)Oc1ccc([N+](=O)[O-])cc1.COC(=O)[C@H](O)Cc1cc(C)c2[nH]ncc2c1. The quantitative estimate of drug-likeness (QED) is 0.0587. The van der Waals surface area contributed by atoms with Crippen LogP contribution in [0.3, 0.4) is 0 Å². The smallest absolute Gasteiger partial charge is 0.467 e. The largest absolute Gasteiger partial charge is 0.514 e. The molecule has 0 radical (unpaired) electrons. The molecule has 0 aliphatic rings. The number of non-ortho nitro benzene ring substituents is 1. The summed E-state index contributed by atoms with van der Waals surface area (Å²) in [6.07, 6.45) is -0.858. The second kappa shape index (κ2) is 17.9. The third-order valence-corrected chi connectivity index (χ3v) is 7.56. The van der Waals surface area contributed by atoms with E-state index in [0.29, 0.717) is 22.0 Å². The van der Waals surface area contributed by atoms with Crippen molar-refractivity contribution in [2.75, 3.05) is 14.2 Å². The summed E-state index contributed by atoms with van der Waals surface area (Å²) in [5.41, 5.74) is 3.86. The van der Waals surface area contributed by atoms with Gasteiger partial charge >= 0.3 is 24.2 Å². The molecule has 0 aliphatic heterocycles. The van der Waals surface area contributed by atoms with Crippen molar-refractivity contribution in [3.8, 4) is 5.75 Å². The first-order valence-corrected chi connectivity index (χ1v) is 16.1. The molecule has 0 unspecified atom stereocenters. The number of benzene rings is 3. The molecule has 17 heteroatoms. The number of aliphatic hydroxyl groups excluding tert-OH is 1. The van der Waals surface area contributed by atoms with E-state index in [4.69, 9.17) is 18.9 Å². The van der Waals surface area contributed by atoms with E-state index in [0.717, 1.165) is 46.0 Å². The van der Waals surface area contributed by atoms with Crippen LogP contribution in [0.25, 0.3) is 21.8 Å². The Morgan fingerprint density at radius 2 is 1.52 bits per heavy atom. The Morgan fingerprint density at radius 3 is 2.13 bits per heavy atom. The number of esters is 2. The van der Waals surface area contributed by atoms with Gasteiger partial charge in [0.1, 0.15) is 11.4 Å². The second-order valence-electron chi connectivity index (χ2n) is 12.8. The van der Waals surface area contributed by atoms with Crippen LogP contribution in [-0.2, 0) is 41.4 Å². The summed E-state index contributed by atoms with van der Waals surface area (Å²) in [6, 6.07) is 12.0. The monoisotopic (exact) mass is 749 g/mol. The fraction of sp³-hybridized carbons (Fsp3) is 0.351. The Morgan fingerprint density at radius 1 is 0.907 bits per heavy atom. The molecule has 0 bridgehead atoms. The highest BCUT2D eigenvalue weighted by molar-refractivity contribution is 5.90. The van der Waals surface area contributed by atoms with Gasteiger partial charge in [0.15, 0.2) is 6.10 Å². The topological polar surface area (TPSA) is 224 Å². The number of methoxy groups -OCH3 is 2. The van der Waals surface area contributed by atoms with Crippen molar-refractivity contribution in [2.24, 2.45) is 0 Å². The van der Waals surface area contributed by atoms with Gasteiger partial charge in [-0.25, -0.2) is 19.2 Å². The van der Waals surface area contributed by atoms with Crippen LogP contribution in [0, 0.1) is 24.0 Å². The minimum Gasteiger partial charge on any atom is -0.467 e. The number of rotatable bonds is 9. The minimum atomic E-state index is -1.33. The predicted molar refractivity (Wildman–Crippen MR) is 195 cm³/mol. The highest BCUT2D eigenvalue weighted by Crippen LogP contribution is 2.24. The van der Waals surface area contributed by atoms with Crippen molar-refractivity contribution in [1.29, 1.82) is 0 Å². The number of nitrogens with one attached hydrogen (secondary N) is 1. The summed E-state index contributed by atoms with van der Waals surface area (Å²) in [6.45, 7) is 8.98. The average Bonchev–Trinajstić information content (AvgIpc) is 3.75. The number of aryl methyl sites for hydroxylation is 2. The highest BCUT2D eigenvalue weighted by Gasteiger charge is 2.27. The molecule has 0 amide bonds. The molecule has 2 heterocycles. The molecule has 54 heavy (non-hydrogen) atoms. The van der Waals surface area contributed by atoms with Crippen LogP contribution in [0.5, 0.6) is 5.75 Å². The molecule has 0 saturated heterocycles. The molecule has 0 spiro atoms. The molecule has 288 valence electrons. The lowest BCUT2D eigenvalue weighted by Crippen LogP contribution is -2.31. The van der Waals surface area contributed by atoms with E-state index in [-0.39, 0.29) is 31.7 Å². The third kappa shape index (κ3) is 10.8. The lowest BCUT2D eigenvalue weighted by molar-refractivity contribution is -0.384. The number of aromatic nitrogens is 4. The summed E-state index contributed by atoms with van der Waals surface area (Å²) in [5, 5.41) is 32.9. The van der Waals surface area contributed by atoms with Gasteiger partial charge in [0.25, 0.3) is 5.69 Å². The number of aliphatic hydroxyl groups is 1. The first-order chi connectivity index (χ1) is 25.0. The molecule has 0 aliphatic carbocycles. The van der Waals surface area contributed by atoms with Crippen LogP contribution in [0.2, 0.25) is 0 Å². The molecular weight excluding hydrogens is 706 g/mol. The molecule has 2 aromatic heterocycles. The van der Waals surface area contributed by atoms with Gasteiger partial charge in [0.2, 0.25) is 6.10 Å². The summed E-state index contributed by atoms with van der Waals surface area (Å²) in [5.74, 6) is -1.42. The first-order valence-electron chi connectivity index (χ1n) is 16.1. The number of nitrogens with zero attached hydrogens (tertiary/aromatic N) is 4. The number of fused-ring (bicyclic) bond motifs is 2. The molecule has 5 rings (SSSR count). The van der Waals surface area contributed by atoms with Crippen LogP contribution >= 0.6 is 0 Å². The van der Waals surface area contributed by atoms with Crippen molar-refractivity contribution >= 4 is 51.7 Å². The third-order valence-electron chi connectivity index (χ3n) is 7.56. The number of aromatic amines is 1. The van der Waals surface area contributed by atoms with Gasteiger partial charge in [-0.2, -0.15) is 14.9 Å². The van der Waals surface area contributed by atoms with E-state index in [1.54, 1.807) is 46.0 Å². The first kappa shape index (κ1) is 42.1. The molecule has 2 atom stereocenters. The predicted octanol–water partition coefficient (Wildman–Crippen LogP) is 5.92. The Kier molecular flexibility index (Phi) is 14.0. The van der Waals surface area contributed by atoms with E-state index in [2.05, 4.69) is 20.0 Å². The van der Waals surface area contributed by atoms with Gasteiger partial charge in [-0.3, -0.25) is 15.2 Å². The van der Waals surface area contributed by atoms with Gasteiger partial charge in [0.05, 0.1) is 42.6 Å². The molecule has 0 saturated carbocycles. The fourth-order valence-electron chi connectivity index (χ4n) is 5.27. The molecule has 17 nitrogen and oxygen atoms in total. The van der Waals surface area contributed by atoms with Crippen LogP contribution in [0.15, 0.2) is 60.9 Å². The van der Waals surface area contributed by atoms with Crippen molar-refractivity contribution in [3.05, 3.63) is 93.3 Å². The molecule has 0 fully saturated rings. The lowest BCUT2D eigenvalue weighted by Gasteiger charge is -2.19. The van der Waals surface area contributed by atoms with Crippen LogP contribution in [0.4, 0.5) is 15.3 Å². The average molecular weight is 750 g/mol. The van der Waals surface area contributed by atoms with E-state index in [9.17, 15) is 34.4 Å². The standard InChI is InChI=1S/C24H25N3O9.C12H14N2O3.CH4/c1-14-10-15(11-16-13-25-26(20(14)16)22(29)36-24(2,3)4)12-19(21(28)33-5)35-23(30)34-18-8-6-17(7-9-18)27(31)32;1-7-3-8(5-10(15)12(16)17-2)4-9-6-13-14-11(7)9;/h6-11,13,19H,12H2,1-5H3;3-4,6,10,15H,5H2,1-2H3,(H,13,14);1H4/t19-;10-;/m11./s1. The number of ether oxygens (including phenoxy) is 5. The summed E-state index contributed by atoms with van der Waals surface area (Å²) >= 11 is 0. The van der Waals surface area contributed by atoms with E-state index in [1.807, 2.05) is 19.1 Å². The maximum atomic E-state index is 12.5. The Labute approximate surface area is 310 Å². The van der Waals surface area contributed by atoms with Crippen molar-refractivity contribution < 1.29 is 52.9 Å². The number of nitro benzene ring substituents is 1. The van der Waals surface area contributed by atoms with Crippen molar-refractivity contribution in [3.63, 3.8) is 0 Å². The number of H-pyrrole nitrogens is 1. The molecule has 2 N–H and O–H groups in total. The van der Waals surface area contributed by atoms with E-state index >= 15 is 0 Å². The number of carbonyl (C=O) groups excluding carboxylic acids is 4. The van der Waals surface area contributed by atoms with E-state index in [1.165, 1.54) is 25.4 Å². The second-order valence-corrected chi connectivity index (χ2v) is 12.8. The number of hydrogen-bond acceptors (Lipinski definition) is 14. The van der Waals surface area contributed by atoms with Gasteiger partial charge in [-0.1, -0.05) is 19.6 Å². The Bertz CT molecular complexity index is 2130. The van der Waals surface area contributed by atoms with Gasteiger partial charge < -0.3 is 28.8 Å². The summed E-state index contributed by atoms with van der Waals surface area (Å²) in [4.78, 5) is 58.4. The van der Waals surface area contributed by atoms with Crippen LogP contribution in [-0.4, -0.2) is 86.2 Å². The number of nitro groups is 1. The number of hydrogen-bond donors (Lipinski definition) is 2. The van der Waals surface area contributed by atoms with Crippen molar-refractivity contribution in [1.82, 2.24) is 20.0 Å². The van der Waals surface area contributed by atoms with Gasteiger partial charge in [-0.15, -0.1) is 0 Å². The zero-order valence-corrected chi connectivity index (χ0v) is 30.1. The molecule has 5 aromatic rings. The Hall–Kier alpha value is -6.36. The summed E-state index contributed by atoms with van der Waals surface area (Å²) in [7, 11) is 2.41. The Balaban J connectivity index is 0.000000364. The fourth-order valence-corrected chi connectivity index (χ4v) is 5.27. The van der Waals surface area contributed by atoms with Gasteiger partial charge in [0, 0.05) is 35.7 Å². The highest BCUT2D eigenvalue weighted by atomic mass is 16.7. The summed E-state index contributed by atoms with van der Waals surface area (Å²) < 4.78 is 26.0. The number of carbonyl (C=O) groups is 4. The maximum Gasteiger partial charge on any atom is 0.514 e. The van der Waals surface area contributed by atoms with Crippen LogP contribution in [0.1, 0.15) is 50.5 Å². The molecule has 3 aromatic carbocycles. The zero-order valence-electron chi connectivity index (χ0n) is 30.1. The molecular formula is C37H43N5O12. The normalized spacial score (nSPS) is 12.0. The van der Waals surface area contributed by atoms with Crippen LogP contribution < -0.4 is 4.74 Å². The minimum absolute atomic E-state index is 0. The maximum absolute atomic E-state index is 12.5.